The summed E-state index contributed by atoms with van der Waals surface area (Å²) in [5.41, 5.74) is 0.975. The third-order valence-electron chi connectivity index (χ3n) is 4.61. The zero-order valence-corrected chi connectivity index (χ0v) is 14.7. The number of carbonyl (C=O) groups is 1. The Balaban J connectivity index is 1.51. The Labute approximate surface area is 152 Å². The van der Waals surface area contributed by atoms with E-state index in [4.69, 9.17) is 0 Å². The molecule has 1 unspecified atom stereocenters. The molecule has 7 heteroatoms. The number of aromatic nitrogens is 4. The first-order valence-electron chi connectivity index (χ1n) is 8.82. The summed E-state index contributed by atoms with van der Waals surface area (Å²) in [4.78, 5) is 17.1. The van der Waals surface area contributed by atoms with Gasteiger partial charge in [0.15, 0.2) is 0 Å². The first-order valence-corrected chi connectivity index (χ1v) is 8.82. The van der Waals surface area contributed by atoms with E-state index in [-0.39, 0.29) is 12.1 Å². The van der Waals surface area contributed by atoms with Crippen molar-refractivity contribution in [3.05, 3.63) is 66.4 Å². The Morgan fingerprint density at radius 3 is 2.73 bits per heavy atom. The van der Waals surface area contributed by atoms with Crippen molar-refractivity contribution >= 4 is 11.8 Å². The summed E-state index contributed by atoms with van der Waals surface area (Å²) in [6.45, 7) is 0.851. The fourth-order valence-corrected chi connectivity index (χ4v) is 3.01. The number of imidazole rings is 1. The average Bonchev–Trinajstić information content (AvgIpc) is 3.21. The van der Waals surface area contributed by atoms with Crippen LogP contribution in [0, 0.1) is 5.92 Å². The van der Waals surface area contributed by atoms with Crippen LogP contribution in [0.4, 0.5) is 10.6 Å². The molecule has 3 aromatic rings. The number of hydrogen-bond donors (Lipinski definition) is 2. The molecule has 0 saturated heterocycles. The Bertz CT molecular complexity index is 880. The average molecular weight is 350 g/mol. The number of anilines is 1. The Morgan fingerprint density at radius 2 is 2.04 bits per heavy atom. The van der Waals surface area contributed by atoms with Crippen molar-refractivity contribution in [3.63, 3.8) is 0 Å². The number of hydrogen-bond acceptors (Lipinski definition) is 3. The first-order chi connectivity index (χ1) is 12.7. The highest BCUT2D eigenvalue weighted by molar-refractivity contribution is 5.88. The normalized spacial score (nSPS) is 14.8. The van der Waals surface area contributed by atoms with Gasteiger partial charge in [0.1, 0.15) is 17.7 Å². The van der Waals surface area contributed by atoms with Gasteiger partial charge in [-0.2, -0.15) is 5.10 Å². The molecule has 1 aliphatic rings. The predicted molar refractivity (Wildman–Crippen MR) is 98.6 cm³/mol. The molecule has 0 aliphatic heterocycles. The van der Waals surface area contributed by atoms with E-state index in [1.54, 1.807) is 12.4 Å². The van der Waals surface area contributed by atoms with Crippen LogP contribution in [0.25, 0.3) is 0 Å². The molecule has 26 heavy (non-hydrogen) atoms. The highest BCUT2D eigenvalue weighted by Gasteiger charge is 2.24. The number of nitrogens with zero attached hydrogens (tertiary/aromatic N) is 4. The number of rotatable bonds is 6. The van der Waals surface area contributed by atoms with E-state index in [1.165, 1.54) is 12.8 Å². The Kier molecular flexibility index (Phi) is 4.43. The summed E-state index contributed by atoms with van der Waals surface area (Å²) in [5, 5.41) is 10.3. The fraction of sp³-hybridized carbons (Fsp3) is 0.316. The van der Waals surface area contributed by atoms with Gasteiger partial charge in [0, 0.05) is 32.1 Å². The minimum Gasteiger partial charge on any atom is -0.336 e. The number of benzene rings is 1. The van der Waals surface area contributed by atoms with Crippen LogP contribution < -0.4 is 10.6 Å². The van der Waals surface area contributed by atoms with Crippen LogP contribution in [0.5, 0.6) is 0 Å². The maximum atomic E-state index is 12.7. The van der Waals surface area contributed by atoms with Crippen molar-refractivity contribution in [2.24, 2.45) is 13.0 Å². The number of nitrogens with one attached hydrogen (secondary N) is 2. The lowest BCUT2D eigenvalue weighted by Gasteiger charge is -2.19. The number of aryl methyl sites for hydroxylation is 1. The zero-order chi connectivity index (χ0) is 17.9. The molecular weight excluding hydrogens is 328 g/mol. The van der Waals surface area contributed by atoms with E-state index < -0.39 is 0 Å². The minimum absolute atomic E-state index is 0.278. The summed E-state index contributed by atoms with van der Waals surface area (Å²) in [5.74, 6) is 2.17. The monoisotopic (exact) mass is 350 g/mol. The van der Waals surface area contributed by atoms with Crippen molar-refractivity contribution in [3.8, 4) is 0 Å². The topological polar surface area (TPSA) is 76.8 Å². The molecule has 2 N–H and O–H groups in total. The summed E-state index contributed by atoms with van der Waals surface area (Å²) >= 11 is 0. The maximum absolute atomic E-state index is 12.7. The first kappa shape index (κ1) is 16.4. The van der Waals surface area contributed by atoms with Crippen LogP contribution >= 0.6 is 0 Å². The lowest BCUT2D eigenvalue weighted by molar-refractivity contribution is 0.249. The van der Waals surface area contributed by atoms with Gasteiger partial charge in [-0.3, -0.25) is 5.32 Å². The number of amides is 2. The van der Waals surface area contributed by atoms with E-state index in [0.29, 0.717) is 11.7 Å². The fourth-order valence-electron chi connectivity index (χ4n) is 3.01. The molecule has 7 nitrogen and oxygen atoms in total. The van der Waals surface area contributed by atoms with Gasteiger partial charge in [-0.25, -0.2) is 14.5 Å². The van der Waals surface area contributed by atoms with Crippen LogP contribution in [0.1, 0.15) is 30.3 Å². The molecule has 2 heterocycles. The Morgan fingerprint density at radius 1 is 1.23 bits per heavy atom. The van der Waals surface area contributed by atoms with Crippen molar-refractivity contribution in [1.82, 2.24) is 24.6 Å². The molecule has 0 radical (unpaired) electrons. The smallest absolute Gasteiger partial charge is 0.321 e. The van der Waals surface area contributed by atoms with Crippen LogP contribution in [0.3, 0.4) is 0 Å². The molecule has 2 amide bonds. The van der Waals surface area contributed by atoms with Gasteiger partial charge in [0.2, 0.25) is 0 Å². The van der Waals surface area contributed by atoms with Crippen molar-refractivity contribution in [2.75, 3.05) is 5.32 Å². The van der Waals surface area contributed by atoms with Gasteiger partial charge >= 0.3 is 6.03 Å². The lowest BCUT2D eigenvalue weighted by Crippen LogP contribution is -2.35. The van der Waals surface area contributed by atoms with E-state index in [0.717, 1.165) is 17.9 Å². The second kappa shape index (κ2) is 7.03. The summed E-state index contributed by atoms with van der Waals surface area (Å²) < 4.78 is 3.77. The summed E-state index contributed by atoms with van der Waals surface area (Å²) in [7, 11) is 1.92. The highest BCUT2D eigenvalue weighted by atomic mass is 16.2. The largest absolute Gasteiger partial charge is 0.336 e. The van der Waals surface area contributed by atoms with Gasteiger partial charge in [0.25, 0.3) is 0 Å². The standard InChI is InChI=1S/C19H22N6O/c1-24-12-11-20-18(24)17(15-5-3-2-4-6-15)23-19(26)22-16-9-10-21-25(16)13-14-7-8-14/h2-6,9-12,14,17H,7-8,13H2,1H3,(H2,22,23,26). The lowest BCUT2D eigenvalue weighted by atomic mass is 10.1. The minimum atomic E-state index is -0.337. The molecule has 1 atom stereocenters. The number of urea groups is 1. The quantitative estimate of drug-likeness (QED) is 0.717. The third kappa shape index (κ3) is 3.61. The van der Waals surface area contributed by atoms with Crippen molar-refractivity contribution in [1.29, 1.82) is 0 Å². The Hall–Kier alpha value is -3.09. The molecule has 4 rings (SSSR count). The van der Waals surface area contributed by atoms with Gasteiger partial charge in [-0.1, -0.05) is 30.3 Å². The van der Waals surface area contributed by atoms with Crippen LogP contribution in [0.2, 0.25) is 0 Å². The number of carbonyl (C=O) groups excluding carboxylic acids is 1. The molecule has 2 aromatic heterocycles. The van der Waals surface area contributed by atoms with Gasteiger partial charge in [-0.05, 0) is 24.3 Å². The maximum Gasteiger partial charge on any atom is 0.321 e. The molecule has 1 saturated carbocycles. The van der Waals surface area contributed by atoms with Crippen LogP contribution in [0.15, 0.2) is 55.0 Å². The van der Waals surface area contributed by atoms with Crippen molar-refractivity contribution in [2.45, 2.75) is 25.4 Å². The molecule has 0 spiro atoms. The van der Waals surface area contributed by atoms with E-state index >= 15 is 0 Å². The molecular formula is C19H22N6O. The van der Waals surface area contributed by atoms with Crippen LogP contribution in [-0.4, -0.2) is 25.4 Å². The molecule has 1 fully saturated rings. The molecule has 1 aliphatic carbocycles. The van der Waals surface area contributed by atoms with Gasteiger partial charge in [0.05, 0.1) is 6.20 Å². The van der Waals surface area contributed by atoms with Gasteiger partial charge in [-0.15, -0.1) is 0 Å². The summed E-state index contributed by atoms with van der Waals surface area (Å²) in [6.07, 6.45) is 7.79. The second-order valence-corrected chi connectivity index (χ2v) is 6.68. The van der Waals surface area contributed by atoms with Crippen molar-refractivity contribution < 1.29 is 4.79 Å². The zero-order valence-electron chi connectivity index (χ0n) is 14.7. The van der Waals surface area contributed by atoms with Crippen LogP contribution in [-0.2, 0) is 13.6 Å². The van der Waals surface area contributed by atoms with Gasteiger partial charge < -0.3 is 9.88 Å². The summed E-state index contributed by atoms with van der Waals surface area (Å²) in [6, 6.07) is 11.0. The second-order valence-electron chi connectivity index (χ2n) is 6.68. The molecule has 134 valence electrons. The molecule has 1 aromatic carbocycles. The predicted octanol–water partition coefficient (Wildman–Crippen LogP) is 2.94. The third-order valence-corrected chi connectivity index (χ3v) is 4.61. The van der Waals surface area contributed by atoms with E-state index in [2.05, 4.69) is 20.7 Å². The van der Waals surface area contributed by atoms with E-state index in [9.17, 15) is 4.79 Å². The highest BCUT2D eigenvalue weighted by Crippen LogP contribution is 2.31. The van der Waals surface area contributed by atoms with E-state index in [1.807, 2.05) is 58.9 Å². The molecule has 0 bridgehead atoms. The SMILES string of the molecule is Cn1ccnc1C(NC(=O)Nc1ccnn1CC1CC1)c1ccccc1.